The molecular formula is C15H23N3O. The first kappa shape index (κ1) is 12.9. The van der Waals surface area contributed by atoms with E-state index in [-0.39, 0.29) is 0 Å². The monoisotopic (exact) mass is 261 g/mol. The second-order valence-electron chi connectivity index (χ2n) is 5.43. The third-order valence-corrected chi connectivity index (χ3v) is 3.97. The number of rotatable bonds is 5. The lowest BCUT2D eigenvalue weighted by molar-refractivity contribution is 0.256. The molecule has 4 heteroatoms. The molecule has 0 atom stereocenters. The summed E-state index contributed by atoms with van der Waals surface area (Å²) in [6.07, 6.45) is 4.90. The highest BCUT2D eigenvalue weighted by Gasteiger charge is 2.12. The molecule has 1 aromatic rings. The maximum atomic E-state index is 5.77. The zero-order chi connectivity index (χ0) is 12.9. The maximum absolute atomic E-state index is 5.77. The fourth-order valence-electron chi connectivity index (χ4n) is 2.87. The van der Waals surface area contributed by atoms with E-state index in [4.69, 9.17) is 4.74 Å². The molecule has 104 valence electrons. The third-order valence-electron chi connectivity index (χ3n) is 3.97. The van der Waals surface area contributed by atoms with Crippen LogP contribution in [0.25, 0.3) is 0 Å². The Morgan fingerprint density at radius 2 is 2.16 bits per heavy atom. The predicted octanol–water partition coefficient (Wildman–Crippen LogP) is 1.59. The Balaban J connectivity index is 1.44. The number of nitrogens with zero attached hydrogens (tertiary/aromatic N) is 2. The van der Waals surface area contributed by atoms with Crippen LogP contribution in [-0.2, 0) is 13.0 Å². The van der Waals surface area contributed by atoms with Crippen molar-refractivity contribution in [1.29, 1.82) is 0 Å². The van der Waals surface area contributed by atoms with Crippen molar-refractivity contribution >= 4 is 0 Å². The summed E-state index contributed by atoms with van der Waals surface area (Å²) in [5.41, 5.74) is 2.52. The molecule has 2 aliphatic rings. The fourth-order valence-corrected chi connectivity index (χ4v) is 2.87. The molecule has 0 radical (unpaired) electrons. The van der Waals surface area contributed by atoms with E-state index in [9.17, 15) is 0 Å². The SMILES string of the molecule is c1cc2c(nc1OCCCN1CCCC1)CNCC2. The number of nitrogens with one attached hydrogen (secondary N) is 1. The van der Waals surface area contributed by atoms with Gasteiger partial charge in [-0.1, -0.05) is 6.07 Å². The van der Waals surface area contributed by atoms with Gasteiger partial charge in [-0.15, -0.1) is 0 Å². The van der Waals surface area contributed by atoms with Crippen LogP contribution in [0.3, 0.4) is 0 Å². The van der Waals surface area contributed by atoms with Crippen LogP contribution >= 0.6 is 0 Å². The normalized spacial score (nSPS) is 19.4. The Morgan fingerprint density at radius 3 is 3.05 bits per heavy atom. The summed E-state index contributed by atoms with van der Waals surface area (Å²) in [6.45, 7) is 6.40. The second-order valence-corrected chi connectivity index (χ2v) is 5.43. The molecule has 0 saturated carbocycles. The van der Waals surface area contributed by atoms with Crippen LogP contribution in [0.4, 0.5) is 0 Å². The van der Waals surface area contributed by atoms with Crippen LogP contribution in [0, 0.1) is 0 Å². The average Bonchev–Trinajstić information content (AvgIpc) is 2.97. The van der Waals surface area contributed by atoms with E-state index in [0.717, 1.165) is 50.7 Å². The summed E-state index contributed by atoms with van der Waals surface area (Å²) in [5.74, 6) is 0.781. The van der Waals surface area contributed by atoms with E-state index in [1.807, 2.05) is 6.07 Å². The largest absolute Gasteiger partial charge is 0.478 e. The quantitative estimate of drug-likeness (QED) is 0.817. The van der Waals surface area contributed by atoms with E-state index in [0.29, 0.717) is 0 Å². The fraction of sp³-hybridized carbons (Fsp3) is 0.667. The van der Waals surface area contributed by atoms with Crippen molar-refractivity contribution in [2.75, 3.05) is 32.8 Å². The molecule has 19 heavy (non-hydrogen) atoms. The van der Waals surface area contributed by atoms with Gasteiger partial charge in [-0.3, -0.25) is 0 Å². The molecule has 1 fully saturated rings. The summed E-state index contributed by atoms with van der Waals surface area (Å²) < 4.78 is 5.77. The Labute approximate surface area is 115 Å². The summed E-state index contributed by atoms with van der Waals surface area (Å²) >= 11 is 0. The molecule has 1 N–H and O–H groups in total. The number of ether oxygens (including phenoxy) is 1. The van der Waals surface area contributed by atoms with Gasteiger partial charge in [0.15, 0.2) is 0 Å². The van der Waals surface area contributed by atoms with Gasteiger partial charge in [0.2, 0.25) is 5.88 Å². The smallest absolute Gasteiger partial charge is 0.213 e. The molecule has 0 aliphatic carbocycles. The zero-order valence-corrected chi connectivity index (χ0v) is 11.5. The highest BCUT2D eigenvalue weighted by molar-refractivity contribution is 5.27. The van der Waals surface area contributed by atoms with Crippen molar-refractivity contribution in [3.8, 4) is 5.88 Å². The zero-order valence-electron chi connectivity index (χ0n) is 11.5. The summed E-state index contributed by atoms with van der Waals surface area (Å²) in [5, 5.41) is 3.35. The highest BCUT2D eigenvalue weighted by Crippen LogP contribution is 2.16. The topological polar surface area (TPSA) is 37.4 Å². The van der Waals surface area contributed by atoms with E-state index in [1.54, 1.807) is 0 Å². The van der Waals surface area contributed by atoms with Crippen LogP contribution in [0.2, 0.25) is 0 Å². The minimum Gasteiger partial charge on any atom is -0.478 e. The molecular weight excluding hydrogens is 238 g/mol. The molecule has 0 spiro atoms. The van der Waals surface area contributed by atoms with Gasteiger partial charge in [0, 0.05) is 19.2 Å². The molecule has 1 aromatic heterocycles. The average molecular weight is 261 g/mol. The number of likely N-dealkylation sites (tertiary alicyclic amines) is 1. The van der Waals surface area contributed by atoms with Crippen LogP contribution in [-0.4, -0.2) is 42.7 Å². The lowest BCUT2D eigenvalue weighted by atomic mass is 10.1. The van der Waals surface area contributed by atoms with Crippen LogP contribution in [0.1, 0.15) is 30.5 Å². The van der Waals surface area contributed by atoms with Gasteiger partial charge in [0.25, 0.3) is 0 Å². The molecule has 3 heterocycles. The first-order chi connectivity index (χ1) is 9.42. The molecule has 1 saturated heterocycles. The maximum Gasteiger partial charge on any atom is 0.213 e. The molecule has 0 aromatic carbocycles. The van der Waals surface area contributed by atoms with E-state index >= 15 is 0 Å². The molecule has 0 bridgehead atoms. The lowest BCUT2D eigenvalue weighted by Gasteiger charge is -2.17. The molecule has 2 aliphatic heterocycles. The van der Waals surface area contributed by atoms with Crippen molar-refractivity contribution < 1.29 is 4.74 Å². The minimum atomic E-state index is 0.774. The van der Waals surface area contributed by atoms with E-state index in [2.05, 4.69) is 21.3 Å². The van der Waals surface area contributed by atoms with E-state index < -0.39 is 0 Å². The number of aromatic nitrogens is 1. The van der Waals surface area contributed by atoms with Gasteiger partial charge in [-0.25, -0.2) is 4.98 Å². The van der Waals surface area contributed by atoms with Crippen molar-refractivity contribution in [3.05, 3.63) is 23.4 Å². The number of hydrogen-bond acceptors (Lipinski definition) is 4. The van der Waals surface area contributed by atoms with Gasteiger partial charge < -0.3 is 15.0 Å². The highest BCUT2D eigenvalue weighted by atomic mass is 16.5. The number of pyridine rings is 1. The summed E-state index contributed by atoms with van der Waals surface area (Å²) in [7, 11) is 0. The van der Waals surface area contributed by atoms with Gasteiger partial charge in [-0.05, 0) is 50.9 Å². The Bertz CT molecular complexity index is 416. The van der Waals surface area contributed by atoms with Gasteiger partial charge in [0.05, 0.1) is 12.3 Å². The first-order valence-corrected chi connectivity index (χ1v) is 7.46. The third kappa shape index (κ3) is 3.45. The Morgan fingerprint density at radius 1 is 1.26 bits per heavy atom. The van der Waals surface area contributed by atoms with Crippen molar-refractivity contribution in [2.45, 2.75) is 32.2 Å². The molecule has 0 unspecified atom stereocenters. The summed E-state index contributed by atoms with van der Waals surface area (Å²) in [4.78, 5) is 7.11. The van der Waals surface area contributed by atoms with Gasteiger partial charge in [0.1, 0.15) is 0 Å². The lowest BCUT2D eigenvalue weighted by Crippen LogP contribution is -2.25. The number of hydrogen-bond donors (Lipinski definition) is 1. The van der Waals surface area contributed by atoms with Crippen LogP contribution in [0.5, 0.6) is 5.88 Å². The summed E-state index contributed by atoms with van der Waals surface area (Å²) in [6, 6.07) is 4.18. The minimum absolute atomic E-state index is 0.774. The standard InChI is InChI=1S/C15H23N3O/c1-2-9-18(8-1)10-3-11-19-15-5-4-13-6-7-16-12-14(13)17-15/h4-5,16H,1-3,6-12H2. The van der Waals surface area contributed by atoms with Crippen molar-refractivity contribution in [2.24, 2.45) is 0 Å². The van der Waals surface area contributed by atoms with Gasteiger partial charge >= 0.3 is 0 Å². The van der Waals surface area contributed by atoms with Crippen molar-refractivity contribution in [3.63, 3.8) is 0 Å². The van der Waals surface area contributed by atoms with Crippen molar-refractivity contribution in [1.82, 2.24) is 15.2 Å². The van der Waals surface area contributed by atoms with Gasteiger partial charge in [-0.2, -0.15) is 0 Å². The first-order valence-electron chi connectivity index (χ1n) is 7.46. The van der Waals surface area contributed by atoms with Crippen LogP contribution in [0.15, 0.2) is 12.1 Å². The number of fused-ring (bicyclic) bond motifs is 1. The molecule has 3 rings (SSSR count). The van der Waals surface area contributed by atoms with E-state index in [1.165, 1.54) is 31.5 Å². The predicted molar refractivity (Wildman–Crippen MR) is 75.4 cm³/mol. The Hall–Kier alpha value is -1.13. The van der Waals surface area contributed by atoms with Crippen LogP contribution < -0.4 is 10.1 Å². The second kappa shape index (κ2) is 6.35. The Kier molecular flexibility index (Phi) is 4.30. The molecule has 4 nitrogen and oxygen atoms in total. The molecule has 0 amide bonds.